The van der Waals surface area contributed by atoms with E-state index < -0.39 is 0 Å². The number of hydrogen-bond acceptors (Lipinski definition) is 5. The summed E-state index contributed by atoms with van der Waals surface area (Å²) in [6.45, 7) is 4.95. The molecule has 0 fully saturated rings. The van der Waals surface area contributed by atoms with Crippen LogP contribution >= 0.6 is 15.9 Å². The molecule has 3 N–H and O–H groups in total. The minimum atomic E-state index is -0.367. The van der Waals surface area contributed by atoms with Crippen molar-refractivity contribution in [3.8, 4) is 0 Å². The second-order valence-corrected chi connectivity index (χ2v) is 9.11. The van der Waals surface area contributed by atoms with E-state index in [9.17, 15) is 14.4 Å². The number of aryl methyl sites for hydroxylation is 2. The number of imidazole rings is 1. The Morgan fingerprint density at radius 3 is 2.53 bits per heavy atom. The van der Waals surface area contributed by atoms with Gasteiger partial charge in [-0.2, -0.15) is 0 Å². The maximum atomic E-state index is 12.9. The molecule has 0 radical (unpaired) electrons. The van der Waals surface area contributed by atoms with Crippen molar-refractivity contribution in [3.63, 3.8) is 0 Å². The summed E-state index contributed by atoms with van der Waals surface area (Å²) in [5, 5.41) is 9.10. The third-order valence-electron chi connectivity index (χ3n) is 5.17. The number of nitrogens with one attached hydrogen (secondary N) is 3. The Labute approximate surface area is 206 Å². The average molecular weight is 530 g/mol. The van der Waals surface area contributed by atoms with Crippen LogP contribution in [0.3, 0.4) is 0 Å². The van der Waals surface area contributed by atoms with Crippen molar-refractivity contribution in [2.75, 3.05) is 37.8 Å². The molecule has 0 aliphatic heterocycles. The monoisotopic (exact) mass is 529 g/mol. The van der Waals surface area contributed by atoms with Crippen LogP contribution in [0.2, 0.25) is 0 Å². The number of rotatable bonds is 9. The molecule has 0 spiro atoms. The van der Waals surface area contributed by atoms with Gasteiger partial charge in [0.25, 0.3) is 17.7 Å². The number of halogens is 1. The highest BCUT2D eigenvalue weighted by Gasteiger charge is 2.18. The number of amides is 3. The zero-order valence-electron chi connectivity index (χ0n) is 19.6. The van der Waals surface area contributed by atoms with Gasteiger partial charge in [0, 0.05) is 43.4 Å². The van der Waals surface area contributed by atoms with Crippen molar-refractivity contribution in [1.29, 1.82) is 0 Å². The molecule has 0 unspecified atom stereocenters. The van der Waals surface area contributed by atoms with E-state index in [-0.39, 0.29) is 33.8 Å². The van der Waals surface area contributed by atoms with Crippen LogP contribution in [0.5, 0.6) is 0 Å². The van der Waals surface area contributed by atoms with Gasteiger partial charge in [-0.3, -0.25) is 14.4 Å². The summed E-state index contributed by atoms with van der Waals surface area (Å²) in [5.41, 5.74) is 1.81. The van der Waals surface area contributed by atoms with Crippen LogP contribution < -0.4 is 16.0 Å². The molecule has 0 bridgehead atoms. The molecule has 11 heteroatoms. The van der Waals surface area contributed by atoms with E-state index in [1.807, 2.05) is 25.1 Å². The van der Waals surface area contributed by atoms with E-state index in [0.717, 1.165) is 23.9 Å². The van der Waals surface area contributed by atoms with Gasteiger partial charge in [-0.05, 0) is 67.3 Å². The number of anilines is 2. The van der Waals surface area contributed by atoms with Gasteiger partial charge in [0.15, 0.2) is 5.82 Å². The molecule has 3 rings (SSSR count). The highest BCUT2D eigenvalue weighted by atomic mass is 79.9. The van der Waals surface area contributed by atoms with Crippen molar-refractivity contribution in [2.45, 2.75) is 6.42 Å². The summed E-state index contributed by atoms with van der Waals surface area (Å²) >= 11 is 3.05. The molecule has 0 saturated carbocycles. The van der Waals surface area contributed by atoms with Gasteiger partial charge in [0.2, 0.25) is 5.82 Å². The standard InChI is InChI=1S/C23H28BrN7O3/c1-14(24)21(32)26-16-7-8-17-15(11-16)12-18(31(17)5)22(33)28-19-13-30(4)20(27-19)23(34)25-9-6-10-29(2)3/h7-8,11-13H,1,6,9-10H2,2-5H3,(H,25,34)(H,26,32)(H,28,33). The fourth-order valence-corrected chi connectivity index (χ4v) is 3.54. The molecule has 0 saturated heterocycles. The molecular formula is C23H28BrN7O3. The summed E-state index contributed by atoms with van der Waals surface area (Å²) in [6.07, 6.45) is 2.42. The minimum absolute atomic E-state index is 0.214. The first kappa shape index (κ1) is 25.2. The first-order valence-electron chi connectivity index (χ1n) is 10.6. The number of fused-ring (bicyclic) bond motifs is 1. The summed E-state index contributed by atoms with van der Waals surface area (Å²) in [5.74, 6) is -0.520. The fourth-order valence-electron chi connectivity index (χ4n) is 3.44. The summed E-state index contributed by atoms with van der Waals surface area (Å²) < 4.78 is 3.55. The predicted molar refractivity (Wildman–Crippen MR) is 136 cm³/mol. The van der Waals surface area contributed by atoms with E-state index in [0.29, 0.717) is 17.9 Å². The molecule has 34 heavy (non-hydrogen) atoms. The van der Waals surface area contributed by atoms with Gasteiger partial charge >= 0.3 is 0 Å². The van der Waals surface area contributed by atoms with E-state index >= 15 is 0 Å². The minimum Gasteiger partial charge on any atom is -0.349 e. The van der Waals surface area contributed by atoms with Gasteiger partial charge in [-0.25, -0.2) is 4.98 Å². The van der Waals surface area contributed by atoms with Crippen LogP contribution in [-0.4, -0.2) is 63.9 Å². The Kier molecular flexibility index (Phi) is 7.90. The molecule has 0 atom stereocenters. The maximum Gasteiger partial charge on any atom is 0.287 e. The SMILES string of the molecule is C=C(Br)C(=O)Nc1ccc2c(c1)cc(C(=O)Nc1cn(C)c(C(=O)NCCCN(C)C)n1)n2C. The molecule has 3 amide bonds. The van der Waals surface area contributed by atoms with E-state index in [4.69, 9.17) is 0 Å². The third-order valence-corrected chi connectivity index (χ3v) is 5.53. The van der Waals surface area contributed by atoms with Gasteiger partial charge in [-0.1, -0.05) is 6.58 Å². The number of aromatic nitrogens is 3. The lowest BCUT2D eigenvalue weighted by Crippen LogP contribution is -2.29. The van der Waals surface area contributed by atoms with Crippen LogP contribution in [0.4, 0.5) is 11.5 Å². The van der Waals surface area contributed by atoms with Crippen molar-refractivity contribution in [1.82, 2.24) is 24.3 Å². The second-order valence-electron chi connectivity index (χ2n) is 8.15. The quantitative estimate of drug-likeness (QED) is 0.291. The largest absolute Gasteiger partial charge is 0.349 e. The van der Waals surface area contributed by atoms with Gasteiger partial charge in [-0.15, -0.1) is 0 Å². The lowest BCUT2D eigenvalue weighted by molar-refractivity contribution is -0.112. The Morgan fingerprint density at radius 1 is 1.12 bits per heavy atom. The van der Waals surface area contributed by atoms with E-state index in [2.05, 4.69) is 43.4 Å². The topological polar surface area (TPSA) is 113 Å². The number of carbonyl (C=O) groups is 3. The average Bonchev–Trinajstić information content (AvgIpc) is 3.30. The molecule has 3 aromatic rings. The highest BCUT2D eigenvalue weighted by molar-refractivity contribution is 9.12. The van der Waals surface area contributed by atoms with E-state index in [1.165, 1.54) is 0 Å². The van der Waals surface area contributed by atoms with Gasteiger partial charge in [0.1, 0.15) is 5.69 Å². The zero-order valence-corrected chi connectivity index (χ0v) is 21.2. The van der Waals surface area contributed by atoms with Gasteiger partial charge in [0.05, 0.1) is 4.48 Å². The molecule has 0 aliphatic rings. The molecule has 1 aromatic carbocycles. The predicted octanol–water partition coefficient (Wildman–Crippen LogP) is 2.69. The molecule has 10 nitrogen and oxygen atoms in total. The molecule has 0 aliphatic carbocycles. The van der Waals surface area contributed by atoms with Crippen molar-refractivity contribution in [2.24, 2.45) is 14.1 Å². The smallest absolute Gasteiger partial charge is 0.287 e. The number of benzene rings is 1. The van der Waals surface area contributed by atoms with Crippen LogP contribution in [0, 0.1) is 0 Å². The molecule has 2 heterocycles. The highest BCUT2D eigenvalue weighted by Crippen LogP contribution is 2.24. The summed E-state index contributed by atoms with van der Waals surface area (Å²) in [4.78, 5) is 43.6. The first-order chi connectivity index (χ1) is 16.1. The zero-order chi connectivity index (χ0) is 25.0. The van der Waals surface area contributed by atoms with Gasteiger partial charge < -0.3 is 30.0 Å². The number of carbonyl (C=O) groups excluding carboxylic acids is 3. The van der Waals surface area contributed by atoms with Crippen molar-refractivity contribution >= 4 is 56.1 Å². The van der Waals surface area contributed by atoms with Crippen LogP contribution in [-0.2, 0) is 18.9 Å². The molecule has 2 aromatic heterocycles. The van der Waals surface area contributed by atoms with Crippen LogP contribution in [0.1, 0.15) is 27.5 Å². The fraction of sp³-hybridized carbons (Fsp3) is 0.304. The van der Waals surface area contributed by atoms with Crippen molar-refractivity contribution < 1.29 is 14.4 Å². The lowest BCUT2D eigenvalue weighted by Gasteiger charge is -2.09. The lowest BCUT2D eigenvalue weighted by atomic mass is 10.2. The number of hydrogen-bond donors (Lipinski definition) is 3. The molecule has 180 valence electrons. The summed E-state index contributed by atoms with van der Waals surface area (Å²) in [6, 6.07) is 7.07. The Bertz CT molecular complexity index is 1260. The second kappa shape index (κ2) is 10.7. The van der Waals surface area contributed by atoms with Crippen LogP contribution in [0.15, 0.2) is 41.5 Å². The summed E-state index contributed by atoms with van der Waals surface area (Å²) in [7, 11) is 7.43. The normalized spacial score (nSPS) is 11.0. The van der Waals surface area contributed by atoms with Crippen molar-refractivity contribution in [3.05, 3.63) is 53.0 Å². The Balaban J connectivity index is 1.71. The third kappa shape index (κ3) is 5.91. The van der Waals surface area contributed by atoms with Crippen LogP contribution in [0.25, 0.3) is 10.9 Å². The Morgan fingerprint density at radius 2 is 1.85 bits per heavy atom. The maximum absolute atomic E-state index is 12.9. The Hall–Kier alpha value is -3.44. The van der Waals surface area contributed by atoms with E-state index in [1.54, 1.807) is 47.6 Å². The molecular weight excluding hydrogens is 502 g/mol. The first-order valence-corrected chi connectivity index (χ1v) is 11.4. The number of nitrogens with zero attached hydrogens (tertiary/aromatic N) is 4.